The maximum absolute atomic E-state index is 12.2. The Balaban J connectivity index is 0.000000662. The topological polar surface area (TPSA) is 64.1 Å². The first-order valence-corrected chi connectivity index (χ1v) is 17.8. The van der Waals surface area contributed by atoms with Gasteiger partial charge >= 0.3 is 0 Å². The molecule has 1 fully saturated rings. The molecule has 5 nitrogen and oxygen atoms in total. The molecule has 0 spiro atoms. The van der Waals surface area contributed by atoms with Crippen molar-refractivity contribution in [3.63, 3.8) is 0 Å². The van der Waals surface area contributed by atoms with Crippen LogP contribution in [0.1, 0.15) is 159 Å². The Bertz CT molecular complexity index is 971. The molecule has 0 radical (unpaired) electrons. The summed E-state index contributed by atoms with van der Waals surface area (Å²) in [5.41, 5.74) is 3.53. The molecule has 2 aromatic rings. The van der Waals surface area contributed by atoms with Crippen molar-refractivity contribution >= 4 is 5.91 Å². The number of hydrogen-bond donors (Lipinski definition) is 1. The summed E-state index contributed by atoms with van der Waals surface area (Å²) < 4.78 is 5.36. The van der Waals surface area contributed by atoms with Crippen LogP contribution in [0, 0.1) is 44.4 Å². The Kier molecular flexibility index (Phi) is 23.7. The van der Waals surface area contributed by atoms with E-state index >= 15 is 0 Å². The van der Waals surface area contributed by atoms with Crippen molar-refractivity contribution in [2.75, 3.05) is 13.2 Å². The van der Waals surface area contributed by atoms with Gasteiger partial charge in [0, 0.05) is 24.5 Å². The summed E-state index contributed by atoms with van der Waals surface area (Å²) in [4.78, 5) is 20.8. The maximum atomic E-state index is 12.2. The average molecular weight is 612 g/mol. The monoisotopic (exact) mass is 612 g/mol. The van der Waals surface area contributed by atoms with Gasteiger partial charge < -0.3 is 10.1 Å². The number of hydrogen-bond acceptors (Lipinski definition) is 4. The lowest BCUT2D eigenvalue weighted by Crippen LogP contribution is -2.27. The zero-order chi connectivity index (χ0) is 33.5. The van der Waals surface area contributed by atoms with Crippen LogP contribution in [0.2, 0.25) is 0 Å². The Morgan fingerprint density at radius 3 is 2.07 bits per heavy atom. The van der Waals surface area contributed by atoms with E-state index in [0.29, 0.717) is 5.56 Å². The molecule has 1 aliphatic rings. The molecule has 1 aromatic heterocycles. The third-order valence-corrected chi connectivity index (χ3v) is 8.58. The molecule has 1 aromatic carbocycles. The highest BCUT2D eigenvalue weighted by Gasteiger charge is 2.22. The van der Waals surface area contributed by atoms with Crippen LogP contribution in [0.4, 0.5) is 0 Å². The van der Waals surface area contributed by atoms with Crippen LogP contribution in [0.15, 0.2) is 30.3 Å². The molecule has 1 aliphatic carbocycles. The van der Waals surface area contributed by atoms with Crippen LogP contribution >= 0.6 is 0 Å². The minimum atomic E-state index is -0.149. The first-order chi connectivity index (χ1) is 21.0. The van der Waals surface area contributed by atoms with Gasteiger partial charge in [-0.1, -0.05) is 112 Å². The van der Waals surface area contributed by atoms with Gasteiger partial charge in [-0.15, -0.1) is 0 Å². The largest absolute Gasteiger partial charge is 0.381 e. The SMILES string of the molecule is CC.CCC(C)CC1CCCCC1C.CCCOCCC(C)CC.Cc1ccc(C(=O)NC(C)c2cc(C)nc(C)n2)cc1. The highest BCUT2D eigenvalue weighted by Crippen LogP contribution is 2.34. The number of nitrogens with zero attached hydrogens (tertiary/aromatic N) is 2. The van der Waals surface area contributed by atoms with E-state index in [1.165, 1.54) is 51.4 Å². The molecular weight excluding hydrogens is 542 g/mol. The van der Waals surface area contributed by atoms with Gasteiger partial charge in [0.05, 0.1) is 11.7 Å². The molecule has 44 heavy (non-hydrogen) atoms. The minimum Gasteiger partial charge on any atom is -0.381 e. The van der Waals surface area contributed by atoms with E-state index in [9.17, 15) is 4.79 Å². The average Bonchev–Trinajstić information content (AvgIpc) is 3.01. The highest BCUT2D eigenvalue weighted by atomic mass is 16.5. The van der Waals surface area contributed by atoms with E-state index in [0.717, 1.165) is 66.1 Å². The summed E-state index contributed by atoms with van der Waals surface area (Å²) >= 11 is 0. The molecule has 1 amide bonds. The third-order valence-electron chi connectivity index (χ3n) is 8.58. The lowest BCUT2D eigenvalue weighted by atomic mass is 9.76. The van der Waals surface area contributed by atoms with Crippen molar-refractivity contribution in [2.24, 2.45) is 23.7 Å². The number of ether oxygens (including phenoxy) is 1. The molecule has 0 aliphatic heterocycles. The summed E-state index contributed by atoms with van der Waals surface area (Å²) in [6, 6.07) is 9.26. The van der Waals surface area contributed by atoms with Gasteiger partial charge in [0.1, 0.15) is 5.82 Å². The normalized spacial score (nSPS) is 17.7. The zero-order valence-electron chi connectivity index (χ0n) is 30.8. The van der Waals surface area contributed by atoms with Crippen molar-refractivity contribution in [3.05, 3.63) is 58.7 Å². The summed E-state index contributed by atoms with van der Waals surface area (Å²) in [6.45, 7) is 27.4. The second kappa shape index (κ2) is 25.0. The number of nitrogens with one attached hydrogen (secondary N) is 1. The molecule has 1 N–H and O–H groups in total. The molecule has 5 unspecified atom stereocenters. The lowest BCUT2D eigenvalue weighted by molar-refractivity contribution is 0.0939. The quantitative estimate of drug-likeness (QED) is 0.242. The van der Waals surface area contributed by atoms with Crippen molar-refractivity contribution < 1.29 is 9.53 Å². The number of benzene rings is 1. The van der Waals surface area contributed by atoms with E-state index in [1.807, 2.05) is 71.9 Å². The van der Waals surface area contributed by atoms with Gasteiger partial charge in [0.2, 0.25) is 0 Å². The Hall–Kier alpha value is -2.27. The fourth-order valence-corrected chi connectivity index (χ4v) is 5.19. The van der Waals surface area contributed by atoms with Gasteiger partial charge in [-0.25, -0.2) is 9.97 Å². The second-order valence-corrected chi connectivity index (χ2v) is 12.7. The molecule has 5 atom stereocenters. The molecule has 1 saturated carbocycles. The predicted molar refractivity (Wildman–Crippen MR) is 190 cm³/mol. The Morgan fingerprint density at radius 2 is 1.52 bits per heavy atom. The van der Waals surface area contributed by atoms with E-state index in [1.54, 1.807) is 0 Å². The van der Waals surface area contributed by atoms with Gasteiger partial charge in [-0.2, -0.15) is 0 Å². The smallest absolute Gasteiger partial charge is 0.251 e. The number of aryl methyl sites for hydroxylation is 3. The summed E-state index contributed by atoms with van der Waals surface area (Å²) in [6.07, 6.45) is 12.4. The van der Waals surface area contributed by atoms with Crippen molar-refractivity contribution in [1.82, 2.24) is 15.3 Å². The first-order valence-electron chi connectivity index (χ1n) is 17.8. The summed E-state index contributed by atoms with van der Waals surface area (Å²) in [5.74, 6) is 4.47. The van der Waals surface area contributed by atoms with Crippen LogP contribution in [0.5, 0.6) is 0 Å². The first kappa shape index (κ1) is 41.7. The number of carbonyl (C=O) groups is 1. The van der Waals surface area contributed by atoms with Gasteiger partial charge in [-0.3, -0.25) is 4.79 Å². The zero-order valence-corrected chi connectivity index (χ0v) is 30.8. The number of carbonyl (C=O) groups excluding carboxylic acids is 1. The van der Waals surface area contributed by atoms with Crippen molar-refractivity contribution in [1.29, 1.82) is 0 Å². The summed E-state index contributed by atoms with van der Waals surface area (Å²) in [7, 11) is 0. The molecule has 1 heterocycles. The molecule has 0 saturated heterocycles. The van der Waals surface area contributed by atoms with Crippen LogP contribution in [-0.4, -0.2) is 29.1 Å². The van der Waals surface area contributed by atoms with Crippen LogP contribution in [0.25, 0.3) is 0 Å². The van der Waals surface area contributed by atoms with E-state index < -0.39 is 0 Å². The van der Waals surface area contributed by atoms with Crippen LogP contribution < -0.4 is 5.32 Å². The molecular formula is C39H69N3O2. The lowest BCUT2D eigenvalue weighted by Gasteiger charge is -2.30. The molecule has 252 valence electrons. The minimum absolute atomic E-state index is 0.0913. The standard InChI is InChI=1S/C16H19N3O.C12H24.C9H20O.C2H6/c1-10-5-7-14(8-6-10)16(20)18-12(3)15-9-11(2)17-13(4)19-15;1-4-10(2)9-12-8-6-5-7-11(12)3;1-4-7-10-8-6-9(3)5-2;1-2/h5-9,12H,1-4H3,(H,18,20);10-12H,4-9H2,1-3H3;9H,4-8H2,1-3H3;1-2H3. The maximum Gasteiger partial charge on any atom is 0.251 e. The number of aromatic nitrogens is 2. The molecule has 5 heteroatoms. The third kappa shape index (κ3) is 18.5. The summed E-state index contributed by atoms with van der Waals surface area (Å²) in [5, 5.41) is 2.96. The molecule has 0 bridgehead atoms. The van der Waals surface area contributed by atoms with Crippen LogP contribution in [0.3, 0.4) is 0 Å². The highest BCUT2D eigenvalue weighted by molar-refractivity contribution is 5.94. The van der Waals surface area contributed by atoms with Gasteiger partial charge in [-0.05, 0) is 88.8 Å². The molecule has 3 rings (SSSR count). The fourth-order valence-electron chi connectivity index (χ4n) is 5.19. The van der Waals surface area contributed by atoms with E-state index in [4.69, 9.17) is 4.74 Å². The van der Waals surface area contributed by atoms with E-state index in [2.05, 4.69) is 56.8 Å². The fraction of sp³-hybridized carbons (Fsp3) is 0.718. The Morgan fingerprint density at radius 1 is 0.909 bits per heavy atom. The Labute approximate surface area is 272 Å². The van der Waals surface area contributed by atoms with Crippen LogP contribution in [-0.2, 0) is 4.74 Å². The van der Waals surface area contributed by atoms with Crippen molar-refractivity contribution in [2.45, 2.75) is 147 Å². The number of amides is 1. The van der Waals surface area contributed by atoms with E-state index in [-0.39, 0.29) is 11.9 Å². The predicted octanol–water partition coefficient (Wildman–Crippen LogP) is 11.0. The number of rotatable bonds is 12. The van der Waals surface area contributed by atoms with Crippen molar-refractivity contribution in [3.8, 4) is 0 Å². The second-order valence-electron chi connectivity index (χ2n) is 12.7. The van der Waals surface area contributed by atoms with Gasteiger partial charge in [0.15, 0.2) is 0 Å². The van der Waals surface area contributed by atoms with Gasteiger partial charge in [0.25, 0.3) is 5.91 Å².